The Kier molecular flexibility index (Phi) is 16.4. The van der Waals surface area contributed by atoms with Crippen molar-refractivity contribution in [2.45, 2.75) is 46.7 Å². The van der Waals surface area contributed by atoms with E-state index in [1.165, 1.54) is 0 Å². The predicted molar refractivity (Wildman–Crippen MR) is 87.6 cm³/mol. The number of hydrogen-bond donors (Lipinski definition) is 2. The van der Waals surface area contributed by atoms with Crippen molar-refractivity contribution in [1.82, 2.24) is 15.5 Å². The van der Waals surface area contributed by atoms with Crippen LogP contribution in [0.25, 0.3) is 0 Å². The highest BCUT2D eigenvalue weighted by molar-refractivity contribution is 5.85. The van der Waals surface area contributed by atoms with Gasteiger partial charge in [0.15, 0.2) is 0 Å². The fraction of sp³-hybridized carbons (Fsp3) is 0.923. The van der Waals surface area contributed by atoms with Gasteiger partial charge in [-0.3, -0.25) is 9.69 Å². The maximum Gasteiger partial charge on any atom is 0.224 e. The molecule has 19 heavy (non-hydrogen) atoms. The maximum atomic E-state index is 11.7. The minimum absolute atomic E-state index is 0. The Labute approximate surface area is 130 Å². The minimum atomic E-state index is 0. The number of hydrogen-bond acceptors (Lipinski definition) is 3. The highest BCUT2D eigenvalue weighted by Gasteiger charge is 2.14. The second kappa shape index (κ2) is 13.0. The van der Waals surface area contributed by atoms with Gasteiger partial charge in [-0.15, -0.1) is 24.8 Å². The molecular formula is C13H31Cl2N3O. The number of carbonyl (C=O) groups excluding carboxylic acids is 1. The van der Waals surface area contributed by atoms with Crippen LogP contribution in [0.5, 0.6) is 0 Å². The zero-order valence-corrected chi connectivity index (χ0v) is 14.7. The Hall–Kier alpha value is -0.0300. The van der Waals surface area contributed by atoms with Crippen molar-refractivity contribution in [2.24, 2.45) is 5.92 Å². The van der Waals surface area contributed by atoms with Crippen molar-refractivity contribution >= 4 is 30.7 Å². The first-order valence-electron chi connectivity index (χ1n) is 6.58. The topological polar surface area (TPSA) is 44.4 Å². The van der Waals surface area contributed by atoms with Crippen LogP contribution in [0, 0.1) is 5.92 Å². The summed E-state index contributed by atoms with van der Waals surface area (Å²) in [5, 5.41) is 6.00. The molecule has 1 unspecified atom stereocenters. The molecular weight excluding hydrogens is 285 g/mol. The van der Waals surface area contributed by atoms with Crippen molar-refractivity contribution in [3.63, 3.8) is 0 Å². The Morgan fingerprint density at radius 1 is 1.05 bits per heavy atom. The second-order valence-corrected chi connectivity index (χ2v) is 5.18. The molecule has 0 aliphatic heterocycles. The van der Waals surface area contributed by atoms with Crippen LogP contribution in [0.3, 0.4) is 0 Å². The number of amides is 1. The van der Waals surface area contributed by atoms with Crippen molar-refractivity contribution in [2.75, 3.05) is 26.7 Å². The molecule has 2 N–H and O–H groups in total. The third-order valence-corrected chi connectivity index (χ3v) is 2.95. The molecule has 0 bridgehead atoms. The molecule has 1 atom stereocenters. The van der Waals surface area contributed by atoms with E-state index < -0.39 is 0 Å². The van der Waals surface area contributed by atoms with E-state index in [1.807, 2.05) is 14.0 Å². The summed E-state index contributed by atoms with van der Waals surface area (Å²) in [6, 6.07) is 1.03. The SMILES string of the molecule is CNCC(C)C(=O)NCCN(C(C)C)C(C)C.Cl.Cl. The molecule has 0 spiro atoms. The zero-order chi connectivity index (χ0) is 13.4. The van der Waals surface area contributed by atoms with Gasteiger partial charge in [0.25, 0.3) is 0 Å². The third kappa shape index (κ3) is 10.4. The van der Waals surface area contributed by atoms with E-state index in [9.17, 15) is 4.79 Å². The molecule has 0 rings (SSSR count). The number of rotatable bonds is 8. The van der Waals surface area contributed by atoms with Crippen LogP contribution < -0.4 is 10.6 Å². The molecule has 1 amide bonds. The molecule has 0 aliphatic rings. The van der Waals surface area contributed by atoms with Crippen LogP contribution in [0.15, 0.2) is 0 Å². The third-order valence-electron chi connectivity index (χ3n) is 2.95. The number of nitrogens with one attached hydrogen (secondary N) is 2. The lowest BCUT2D eigenvalue weighted by Gasteiger charge is -2.30. The summed E-state index contributed by atoms with van der Waals surface area (Å²) in [4.78, 5) is 14.1. The average molecular weight is 316 g/mol. The summed E-state index contributed by atoms with van der Waals surface area (Å²) in [6.45, 7) is 13.0. The molecule has 0 aromatic heterocycles. The summed E-state index contributed by atoms with van der Waals surface area (Å²) in [5.41, 5.74) is 0. The zero-order valence-electron chi connectivity index (χ0n) is 13.0. The molecule has 118 valence electrons. The molecule has 0 radical (unpaired) electrons. The fourth-order valence-electron chi connectivity index (χ4n) is 1.99. The average Bonchev–Trinajstić information content (AvgIpc) is 2.23. The van der Waals surface area contributed by atoms with Crippen LogP contribution in [0.2, 0.25) is 0 Å². The van der Waals surface area contributed by atoms with Gasteiger partial charge in [-0.2, -0.15) is 0 Å². The van der Waals surface area contributed by atoms with Gasteiger partial charge in [0.2, 0.25) is 5.91 Å². The molecule has 0 aromatic rings. The summed E-state index contributed by atoms with van der Waals surface area (Å²) in [7, 11) is 1.86. The lowest BCUT2D eigenvalue weighted by molar-refractivity contribution is -0.124. The van der Waals surface area contributed by atoms with E-state index in [1.54, 1.807) is 0 Å². The standard InChI is InChI=1S/C13H29N3O.2ClH/c1-10(2)16(11(3)4)8-7-15-13(17)12(5)9-14-6;;/h10-12,14H,7-9H2,1-6H3,(H,15,17);2*1H. The van der Waals surface area contributed by atoms with Crippen molar-refractivity contribution < 1.29 is 4.79 Å². The van der Waals surface area contributed by atoms with E-state index in [0.717, 1.165) is 19.6 Å². The number of carbonyl (C=O) groups is 1. The quantitative estimate of drug-likeness (QED) is 0.719. The van der Waals surface area contributed by atoms with Gasteiger partial charge < -0.3 is 10.6 Å². The smallest absolute Gasteiger partial charge is 0.224 e. The van der Waals surface area contributed by atoms with Crippen LogP contribution in [0.1, 0.15) is 34.6 Å². The van der Waals surface area contributed by atoms with Gasteiger partial charge in [0, 0.05) is 37.6 Å². The predicted octanol–water partition coefficient (Wildman–Crippen LogP) is 1.92. The Bertz CT molecular complexity index is 218. The normalized spacial score (nSPS) is 12.1. The van der Waals surface area contributed by atoms with Gasteiger partial charge in [-0.25, -0.2) is 0 Å². The first-order valence-corrected chi connectivity index (χ1v) is 6.58. The molecule has 6 heteroatoms. The fourth-order valence-corrected chi connectivity index (χ4v) is 1.99. The van der Waals surface area contributed by atoms with Crippen LogP contribution in [0.4, 0.5) is 0 Å². The highest BCUT2D eigenvalue weighted by Crippen LogP contribution is 2.03. The monoisotopic (exact) mass is 315 g/mol. The Morgan fingerprint density at radius 2 is 1.53 bits per heavy atom. The van der Waals surface area contributed by atoms with E-state index in [4.69, 9.17) is 0 Å². The summed E-state index contributed by atoms with van der Waals surface area (Å²) >= 11 is 0. The molecule has 0 saturated heterocycles. The van der Waals surface area contributed by atoms with Crippen LogP contribution in [-0.2, 0) is 4.79 Å². The second-order valence-electron chi connectivity index (χ2n) is 5.18. The van der Waals surface area contributed by atoms with Gasteiger partial charge >= 0.3 is 0 Å². The lowest BCUT2D eigenvalue weighted by Crippen LogP contribution is -2.44. The molecule has 0 aliphatic carbocycles. The van der Waals surface area contributed by atoms with Crippen molar-refractivity contribution in [3.05, 3.63) is 0 Å². The summed E-state index contributed by atoms with van der Waals surface area (Å²) < 4.78 is 0. The van der Waals surface area contributed by atoms with Crippen molar-refractivity contribution in [3.8, 4) is 0 Å². The minimum Gasteiger partial charge on any atom is -0.355 e. The lowest BCUT2D eigenvalue weighted by atomic mass is 10.1. The first-order chi connectivity index (χ1) is 7.90. The summed E-state index contributed by atoms with van der Waals surface area (Å²) in [6.07, 6.45) is 0. The molecule has 0 saturated carbocycles. The van der Waals surface area contributed by atoms with Gasteiger partial charge in [-0.1, -0.05) is 6.92 Å². The molecule has 4 nitrogen and oxygen atoms in total. The highest BCUT2D eigenvalue weighted by atomic mass is 35.5. The van der Waals surface area contributed by atoms with Gasteiger partial charge in [0.1, 0.15) is 0 Å². The first kappa shape index (κ1) is 24.0. The number of nitrogens with zero attached hydrogens (tertiary/aromatic N) is 1. The Balaban J connectivity index is -0.00000128. The van der Waals surface area contributed by atoms with Gasteiger partial charge in [-0.05, 0) is 34.7 Å². The molecule has 0 fully saturated rings. The maximum absolute atomic E-state index is 11.7. The van der Waals surface area contributed by atoms with E-state index in [2.05, 4.69) is 43.2 Å². The van der Waals surface area contributed by atoms with Crippen molar-refractivity contribution in [1.29, 1.82) is 0 Å². The molecule has 0 aromatic carbocycles. The number of halogens is 2. The van der Waals surface area contributed by atoms with Crippen LogP contribution in [-0.4, -0.2) is 49.6 Å². The summed E-state index contributed by atoms with van der Waals surface area (Å²) in [5.74, 6) is 0.165. The van der Waals surface area contributed by atoms with E-state index >= 15 is 0 Å². The van der Waals surface area contributed by atoms with E-state index in [-0.39, 0.29) is 36.6 Å². The molecule has 0 heterocycles. The van der Waals surface area contributed by atoms with E-state index in [0.29, 0.717) is 12.1 Å². The largest absolute Gasteiger partial charge is 0.355 e. The van der Waals surface area contributed by atoms with Crippen LogP contribution >= 0.6 is 24.8 Å². The van der Waals surface area contributed by atoms with Gasteiger partial charge in [0.05, 0.1) is 0 Å². The Morgan fingerprint density at radius 3 is 1.89 bits per heavy atom.